The third-order valence-electron chi connectivity index (χ3n) is 3.89. The van der Waals surface area contributed by atoms with Gasteiger partial charge in [0.15, 0.2) is 0 Å². The van der Waals surface area contributed by atoms with Crippen molar-refractivity contribution >= 4 is 23.1 Å². The molecule has 24 heavy (non-hydrogen) atoms. The fourth-order valence-electron chi connectivity index (χ4n) is 2.30. The van der Waals surface area contributed by atoms with Crippen molar-refractivity contribution in [2.45, 2.75) is 19.8 Å². The number of benzene rings is 1. The maximum atomic E-state index is 12.3. The lowest BCUT2D eigenvalue weighted by Gasteiger charge is -2.17. The van der Waals surface area contributed by atoms with Gasteiger partial charge in [0.2, 0.25) is 0 Å². The Kier molecular flexibility index (Phi) is 6.18. The Morgan fingerprint density at radius 3 is 2.33 bits per heavy atom. The van der Waals surface area contributed by atoms with Crippen molar-refractivity contribution in [2.24, 2.45) is 0 Å². The highest BCUT2D eigenvalue weighted by Gasteiger charge is 2.08. The second-order valence-corrected chi connectivity index (χ2v) is 6.08. The number of carbonyl (C=O) groups is 1. The van der Waals surface area contributed by atoms with Gasteiger partial charge in [-0.15, -0.1) is 0 Å². The number of hydrogen-bond acceptors (Lipinski definition) is 4. The molecule has 0 atom stereocenters. The number of anilines is 3. The minimum absolute atomic E-state index is 0.150. The van der Waals surface area contributed by atoms with E-state index in [1.807, 2.05) is 62.4 Å². The third kappa shape index (κ3) is 4.72. The van der Waals surface area contributed by atoms with E-state index in [2.05, 4.69) is 22.1 Å². The van der Waals surface area contributed by atoms with Crippen LogP contribution in [0.5, 0.6) is 0 Å². The van der Waals surface area contributed by atoms with Gasteiger partial charge in [-0.2, -0.15) is 0 Å². The molecule has 0 saturated heterocycles. The zero-order chi connectivity index (χ0) is 17.5. The van der Waals surface area contributed by atoms with Crippen LogP contribution < -0.4 is 15.1 Å². The molecule has 5 heteroatoms. The average Bonchev–Trinajstić information content (AvgIpc) is 2.60. The normalized spacial score (nSPS) is 10.3. The molecule has 0 aliphatic carbocycles. The fraction of sp³-hybridized carbons (Fsp3) is 0.368. The van der Waals surface area contributed by atoms with Crippen LogP contribution in [0, 0.1) is 0 Å². The van der Waals surface area contributed by atoms with Crippen LogP contribution in [0.4, 0.5) is 17.2 Å². The number of nitrogens with zero attached hydrogens (tertiary/aromatic N) is 3. The fourth-order valence-corrected chi connectivity index (χ4v) is 2.30. The lowest BCUT2D eigenvalue weighted by Crippen LogP contribution is -2.20. The smallest absolute Gasteiger partial charge is 0.257 e. The number of hydrogen-bond donors (Lipinski definition) is 1. The Bertz CT molecular complexity index is 650. The van der Waals surface area contributed by atoms with Crippen molar-refractivity contribution in [3.63, 3.8) is 0 Å². The van der Waals surface area contributed by atoms with Gasteiger partial charge in [-0.25, -0.2) is 4.98 Å². The molecule has 0 aliphatic heterocycles. The molecule has 128 valence electrons. The van der Waals surface area contributed by atoms with Crippen LogP contribution in [0.15, 0.2) is 42.6 Å². The van der Waals surface area contributed by atoms with Crippen LogP contribution in [0.1, 0.15) is 30.1 Å². The molecular formula is C19H26N4O. The number of aromatic nitrogens is 1. The predicted molar refractivity (Wildman–Crippen MR) is 101 cm³/mol. The van der Waals surface area contributed by atoms with Gasteiger partial charge in [0.1, 0.15) is 5.82 Å². The molecule has 1 aromatic carbocycles. The van der Waals surface area contributed by atoms with E-state index < -0.39 is 0 Å². The predicted octanol–water partition coefficient (Wildman–Crippen LogP) is 3.64. The monoisotopic (exact) mass is 326 g/mol. The first kappa shape index (κ1) is 17.8. The highest BCUT2D eigenvalue weighted by molar-refractivity contribution is 6.04. The zero-order valence-corrected chi connectivity index (χ0v) is 14.9. The summed E-state index contributed by atoms with van der Waals surface area (Å²) in [7, 11) is 5.99. The second-order valence-electron chi connectivity index (χ2n) is 6.08. The summed E-state index contributed by atoms with van der Waals surface area (Å²) in [6, 6.07) is 11.4. The number of pyridine rings is 1. The molecule has 0 aliphatic rings. The standard InChI is InChI=1S/C19H26N4O/c1-5-6-13-23(4)18-12-7-15(14-20-18)19(24)21-16-8-10-17(11-9-16)22(2)3/h7-12,14H,5-6,13H2,1-4H3,(H,21,24). The summed E-state index contributed by atoms with van der Waals surface area (Å²) < 4.78 is 0. The zero-order valence-electron chi connectivity index (χ0n) is 14.9. The molecule has 0 saturated carbocycles. The van der Waals surface area contributed by atoms with E-state index in [1.165, 1.54) is 0 Å². The molecule has 1 heterocycles. The van der Waals surface area contributed by atoms with E-state index in [4.69, 9.17) is 0 Å². The van der Waals surface area contributed by atoms with E-state index >= 15 is 0 Å². The molecule has 2 rings (SSSR count). The van der Waals surface area contributed by atoms with E-state index in [-0.39, 0.29) is 5.91 Å². The molecule has 0 spiro atoms. The highest BCUT2D eigenvalue weighted by atomic mass is 16.1. The van der Waals surface area contributed by atoms with Crippen molar-refractivity contribution in [3.8, 4) is 0 Å². The van der Waals surface area contributed by atoms with Crippen LogP contribution >= 0.6 is 0 Å². The molecule has 1 N–H and O–H groups in total. The van der Waals surface area contributed by atoms with E-state index in [1.54, 1.807) is 6.20 Å². The first-order valence-electron chi connectivity index (χ1n) is 8.27. The van der Waals surface area contributed by atoms with Crippen LogP contribution in [-0.2, 0) is 0 Å². The van der Waals surface area contributed by atoms with Gasteiger partial charge < -0.3 is 15.1 Å². The van der Waals surface area contributed by atoms with Crippen LogP contribution in [0.25, 0.3) is 0 Å². The maximum Gasteiger partial charge on any atom is 0.257 e. The van der Waals surface area contributed by atoms with Crippen molar-refractivity contribution in [1.29, 1.82) is 0 Å². The number of carbonyl (C=O) groups excluding carboxylic acids is 1. The molecule has 1 aromatic heterocycles. The van der Waals surface area contributed by atoms with E-state index in [9.17, 15) is 4.79 Å². The first-order valence-corrected chi connectivity index (χ1v) is 8.27. The Balaban J connectivity index is 1.99. The van der Waals surface area contributed by atoms with Crippen molar-refractivity contribution in [3.05, 3.63) is 48.2 Å². The van der Waals surface area contributed by atoms with Crippen molar-refractivity contribution in [2.75, 3.05) is 42.8 Å². The van der Waals surface area contributed by atoms with Crippen molar-refractivity contribution < 1.29 is 4.79 Å². The quantitative estimate of drug-likeness (QED) is 0.844. The van der Waals surface area contributed by atoms with Gasteiger partial charge in [0.25, 0.3) is 5.91 Å². The number of unbranched alkanes of at least 4 members (excludes halogenated alkanes) is 1. The van der Waals surface area contributed by atoms with E-state index in [0.29, 0.717) is 5.56 Å². The van der Waals surface area contributed by atoms with Crippen LogP contribution in [0.3, 0.4) is 0 Å². The number of amides is 1. The number of rotatable bonds is 7. The summed E-state index contributed by atoms with van der Waals surface area (Å²) in [4.78, 5) is 20.8. The van der Waals surface area contributed by atoms with Gasteiger partial charge >= 0.3 is 0 Å². The first-order chi connectivity index (χ1) is 11.5. The Labute approximate surface area is 144 Å². The van der Waals surface area contributed by atoms with Gasteiger partial charge in [0, 0.05) is 45.3 Å². The molecule has 0 radical (unpaired) electrons. The maximum absolute atomic E-state index is 12.3. The molecule has 2 aromatic rings. The largest absolute Gasteiger partial charge is 0.378 e. The summed E-state index contributed by atoms with van der Waals surface area (Å²) in [6.07, 6.45) is 3.90. The molecule has 0 unspecified atom stereocenters. The van der Waals surface area contributed by atoms with Crippen LogP contribution in [-0.4, -0.2) is 38.6 Å². The van der Waals surface area contributed by atoms with Crippen molar-refractivity contribution in [1.82, 2.24) is 4.98 Å². The topological polar surface area (TPSA) is 48.5 Å². The minimum Gasteiger partial charge on any atom is -0.378 e. The molecule has 1 amide bonds. The minimum atomic E-state index is -0.150. The SMILES string of the molecule is CCCCN(C)c1ccc(C(=O)Nc2ccc(N(C)C)cc2)cn1. The van der Waals surface area contributed by atoms with E-state index in [0.717, 1.165) is 36.6 Å². The number of nitrogens with one attached hydrogen (secondary N) is 1. The molecule has 0 fully saturated rings. The highest BCUT2D eigenvalue weighted by Crippen LogP contribution is 2.17. The van der Waals surface area contributed by atoms with Gasteiger partial charge in [-0.05, 0) is 42.8 Å². The summed E-state index contributed by atoms with van der Waals surface area (Å²) in [5.41, 5.74) is 2.42. The summed E-state index contributed by atoms with van der Waals surface area (Å²) in [5.74, 6) is 0.734. The molecule has 0 bridgehead atoms. The summed E-state index contributed by atoms with van der Waals surface area (Å²) in [5, 5.41) is 2.90. The average molecular weight is 326 g/mol. The second kappa shape index (κ2) is 8.34. The molecule has 5 nitrogen and oxygen atoms in total. The summed E-state index contributed by atoms with van der Waals surface area (Å²) >= 11 is 0. The third-order valence-corrected chi connectivity index (χ3v) is 3.89. The van der Waals surface area contributed by atoms with Gasteiger partial charge in [-0.1, -0.05) is 13.3 Å². The Morgan fingerprint density at radius 1 is 1.08 bits per heavy atom. The van der Waals surface area contributed by atoms with Gasteiger partial charge in [0.05, 0.1) is 5.56 Å². The van der Waals surface area contributed by atoms with Crippen LogP contribution in [0.2, 0.25) is 0 Å². The summed E-state index contributed by atoms with van der Waals surface area (Å²) in [6.45, 7) is 3.13. The lowest BCUT2D eigenvalue weighted by molar-refractivity contribution is 0.102. The lowest BCUT2D eigenvalue weighted by atomic mass is 10.2. The Hall–Kier alpha value is -2.56. The molecular weight excluding hydrogens is 300 g/mol. The van der Waals surface area contributed by atoms with Gasteiger partial charge in [-0.3, -0.25) is 4.79 Å². The Morgan fingerprint density at radius 2 is 1.79 bits per heavy atom.